The minimum Gasteiger partial charge on any atom is -0.286 e. The van der Waals surface area contributed by atoms with Gasteiger partial charge in [0.25, 0.3) is 0 Å². The van der Waals surface area contributed by atoms with Crippen LogP contribution in [-0.2, 0) is 0 Å². The van der Waals surface area contributed by atoms with Crippen LogP contribution in [0.25, 0.3) is 11.3 Å². The van der Waals surface area contributed by atoms with E-state index in [1.165, 1.54) is 11.3 Å². The van der Waals surface area contributed by atoms with E-state index in [0.717, 1.165) is 11.3 Å². The normalized spacial score (nSPS) is 10.4. The van der Waals surface area contributed by atoms with Crippen molar-refractivity contribution in [1.29, 1.82) is 0 Å². The maximum atomic E-state index is 12.2. The van der Waals surface area contributed by atoms with Crippen LogP contribution in [0.3, 0.4) is 0 Å². The van der Waals surface area contributed by atoms with Gasteiger partial charge < -0.3 is 0 Å². The number of rotatable bonds is 3. The zero-order valence-electron chi connectivity index (χ0n) is 10.3. The number of hydrogen-bond donors (Lipinski definition) is 0. The number of ketones is 1. The van der Waals surface area contributed by atoms with E-state index in [1.54, 1.807) is 36.7 Å². The summed E-state index contributed by atoms with van der Waals surface area (Å²) in [6, 6.07) is 10.8. The zero-order chi connectivity index (χ0) is 13.9. The molecule has 0 spiro atoms. The minimum absolute atomic E-state index is 0.108. The van der Waals surface area contributed by atoms with Crippen molar-refractivity contribution < 1.29 is 4.79 Å². The Morgan fingerprint density at radius 1 is 1.15 bits per heavy atom. The zero-order valence-corrected chi connectivity index (χ0v) is 11.9. The predicted octanol–water partition coefficient (Wildman–Crippen LogP) is 4.09. The summed E-state index contributed by atoms with van der Waals surface area (Å²) >= 11 is 7.19. The Morgan fingerprint density at radius 2 is 1.95 bits per heavy atom. The molecule has 1 aromatic carbocycles. The second kappa shape index (κ2) is 5.53. The molecule has 0 saturated carbocycles. The van der Waals surface area contributed by atoms with Gasteiger partial charge in [-0.25, -0.2) is 4.98 Å². The van der Waals surface area contributed by atoms with E-state index in [1.807, 2.05) is 17.5 Å². The SMILES string of the molecule is O=C(c1cccnc1)c1nc(-c2ccc(Cl)cc2)cs1. The van der Waals surface area contributed by atoms with Crippen molar-refractivity contribution in [2.24, 2.45) is 0 Å². The lowest BCUT2D eigenvalue weighted by Gasteiger charge is -1.97. The van der Waals surface area contributed by atoms with Crippen LogP contribution in [0.5, 0.6) is 0 Å². The Balaban J connectivity index is 1.91. The number of benzene rings is 1. The Kier molecular flexibility index (Phi) is 3.58. The number of thiazole rings is 1. The molecule has 3 rings (SSSR count). The molecule has 0 N–H and O–H groups in total. The average Bonchev–Trinajstić information content (AvgIpc) is 2.98. The number of carbonyl (C=O) groups excluding carboxylic acids is 1. The highest BCUT2D eigenvalue weighted by molar-refractivity contribution is 7.12. The summed E-state index contributed by atoms with van der Waals surface area (Å²) in [5, 5.41) is 3.01. The van der Waals surface area contributed by atoms with Gasteiger partial charge in [0.05, 0.1) is 5.69 Å². The minimum atomic E-state index is -0.108. The van der Waals surface area contributed by atoms with E-state index in [4.69, 9.17) is 11.6 Å². The molecule has 0 aliphatic carbocycles. The fourth-order valence-corrected chi connectivity index (χ4v) is 2.67. The maximum absolute atomic E-state index is 12.2. The molecule has 2 heterocycles. The molecule has 0 radical (unpaired) electrons. The molecule has 2 aromatic heterocycles. The Morgan fingerprint density at radius 3 is 2.65 bits per heavy atom. The Hall–Kier alpha value is -2.04. The van der Waals surface area contributed by atoms with Gasteiger partial charge in [0.2, 0.25) is 5.78 Å². The van der Waals surface area contributed by atoms with Crippen molar-refractivity contribution >= 4 is 28.7 Å². The second-order valence-corrected chi connectivity index (χ2v) is 5.41. The highest BCUT2D eigenvalue weighted by Gasteiger charge is 2.14. The molecule has 0 aliphatic rings. The van der Waals surface area contributed by atoms with Crippen molar-refractivity contribution in [3.05, 3.63) is 69.8 Å². The molecule has 98 valence electrons. The lowest BCUT2D eigenvalue weighted by atomic mass is 10.2. The third-order valence-electron chi connectivity index (χ3n) is 2.76. The van der Waals surface area contributed by atoms with Crippen LogP contribution < -0.4 is 0 Å². The van der Waals surface area contributed by atoms with Gasteiger partial charge >= 0.3 is 0 Å². The predicted molar refractivity (Wildman–Crippen MR) is 80.2 cm³/mol. The van der Waals surface area contributed by atoms with E-state index >= 15 is 0 Å². The first kappa shape index (κ1) is 13.0. The Bertz CT molecular complexity index is 738. The van der Waals surface area contributed by atoms with Crippen molar-refractivity contribution in [3.63, 3.8) is 0 Å². The average molecular weight is 301 g/mol. The van der Waals surface area contributed by atoms with E-state index < -0.39 is 0 Å². The third-order valence-corrected chi connectivity index (χ3v) is 3.86. The van der Waals surface area contributed by atoms with E-state index in [9.17, 15) is 4.79 Å². The van der Waals surface area contributed by atoms with Gasteiger partial charge in [-0.15, -0.1) is 11.3 Å². The van der Waals surface area contributed by atoms with Crippen molar-refractivity contribution in [3.8, 4) is 11.3 Å². The molecule has 0 aliphatic heterocycles. The fourth-order valence-electron chi connectivity index (χ4n) is 1.75. The van der Waals surface area contributed by atoms with Crippen LogP contribution in [0.4, 0.5) is 0 Å². The molecule has 3 nitrogen and oxygen atoms in total. The molecule has 0 unspecified atom stereocenters. The van der Waals surface area contributed by atoms with Gasteiger partial charge in [-0.1, -0.05) is 23.7 Å². The molecule has 0 fully saturated rings. The summed E-state index contributed by atoms with van der Waals surface area (Å²) in [5.74, 6) is -0.108. The summed E-state index contributed by atoms with van der Waals surface area (Å²) in [7, 11) is 0. The largest absolute Gasteiger partial charge is 0.286 e. The molecule has 0 atom stereocenters. The first-order valence-corrected chi connectivity index (χ1v) is 7.16. The number of nitrogens with zero attached hydrogens (tertiary/aromatic N) is 2. The lowest BCUT2D eigenvalue weighted by Crippen LogP contribution is -2.00. The molecule has 3 aromatic rings. The van der Waals surface area contributed by atoms with Gasteiger partial charge in [0.15, 0.2) is 5.01 Å². The topological polar surface area (TPSA) is 42.9 Å². The summed E-state index contributed by atoms with van der Waals surface area (Å²) in [4.78, 5) is 20.6. The van der Waals surface area contributed by atoms with Crippen LogP contribution in [0.1, 0.15) is 15.4 Å². The summed E-state index contributed by atoms with van der Waals surface area (Å²) in [6.45, 7) is 0. The molecule has 20 heavy (non-hydrogen) atoms. The van der Waals surface area contributed by atoms with Gasteiger partial charge in [0, 0.05) is 33.9 Å². The molecular weight excluding hydrogens is 292 g/mol. The van der Waals surface area contributed by atoms with E-state index in [2.05, 4.69) is 9.97 Å². The smallest absolute Gasteiger partial charge is 0.223 e. The van der Waals surface area contributed by atoms with Crippen LogP contribution in [0, 0.1) is 0 Å². The van der Waals surface area contributed by atoms with Gasteiger partial charge in [-0.3, -0.25) is 9.78 Å². The number of pyridine rings is 1. The number of hydrogen-bond acceptors (Lipinski definition) is 4. The van der Waals surface area contributed by atoms with Crippen molar-refractivity contribution in [2.45, 2.75) is 0 Å². The molecule has 0 bridgehead atoms. The van der Waals surface area contributed by atoms with Crippen LogP contribution in [-0.4, -0.2) is 15.8 Å². The second-order valence-electron chi connectivity index (χ2n) is 4.12. The summed E-state index contributed by atoms with van der Waals surface area (Å²) < 4.78 is 0. The highest BCUT2D eigenvalue weighted by atomic mass is 35.5. The number of carbonyl (C=O) groups is 1. The van der Waals surface area contributed by atoms with Crippen LogP contribution in [0.15, 0.2) is 54.2 Å². The molecule has 5 heteroatoms. The van der Waals surface area contributed by atoms with E-state index in [-0.39, 0.29) is 5.78 Å². The number of halogens is 1. The maximum Gasteiger partial charge on any atom is 0.223 e. The van der Waals surface area contributed by atoms with E-state index in [0.29, 0.717) is 15.6 Å². The van der Waals surface area contributed by atoms with Crippen molar-refractivity contribution in [2.75, 3.05) is 0 Å². The molecule has 0 saturated heterocycles. The first-order valence-electron chi connectivity index (χ1n) is 5.90. The standard InChI is InChI=1S/C15H9ClN2OS/c16-12-5-3-10(4-6-12)13-9-20-15(18-13)14(19)11-2-1-7-17-8-11/h1-9H. The van der Waals surface area contributed by atoms with Crippen molar-refractivity contribution in [1.82, 2.24) is 9.97 Å². The molecule has 0 amide bonds. The highest BCUT2D eigenvalue weighted by Crippen LogP contribution is 2.24. The van der Waals surface area contributed by atoms with Crippen LogP contribution >= 0.6 is 22.9 Å². The van der Waals surface area contributed by atoms with Crippen LogP contribution in [0.2, 0.25) is 5.02 Å². The fraction of sp³-hybridized carbons (Fsp3) is 0. The van der Waals surface area contributed by atoms with Gasteiger partial charge in [0.1, 0.15) is 0 Å². The van der Waals surface area contributed by atoms with Gasteiger partial charge in [-0.05, 0) is 24.3 Å². The summed E-state index contributed by atoms with van der Waals surface area (Å²) in [6.07, 6.45) is 3.18. The summed E-state index contributed by atoms with van der Waals surface area (Å²) in [5.41, 5.74) is 2.26. The monoisotopic (exact) mass is 300 g/mol. The molecular formula is C15H9ClN2OS. The Labute approximate surface area is 124 Å². The number of aromatic nitrogens is 2. The quantitative estimate of drug-likeness (QED) is 0.684. The first-order chi connectivity index (χ1) is 9.74. The third kappa shape index (κ3) is 2.61. The van der Waals surface area contributed by atoms with Gasteiger partial charge in [-0.2, -0.15) is 0 Å². The lowest BCUT2D eigenvalue weighted by molar-refractivity contribution is 0.103.